The lowest BCUT2D eigenvalue weighted by atomic mass is 10.1. The molecule has 4 nitrogen and oxygen atoms in total. The number of carbonyl (C=O) groups excluding carboxylic acids is 1. The van der Waals surface area contributed by atoms with E-state index in [2.05, 4.69) is 31.5 Å². The normalized spacial score (nSPS) is 11.3. The summed E-state index contributed by atoms with van der Waals surface area (Å²) in [7, 11) is 0. The molecule has 0 radical (unpaired) electrons. The van der Waals surface area contributed by atoms with Crippen molar-refractivity contribution in [3.8, 4) is 0 Å². The number of pyridine rings is 1. The summed E-state index contributed by atoms with van der Waals surface area (Å²) in [6.45, 7) is 7.26. The molecule has 0 saturated carbocycles. The number of nitrogens with zero attached hydrogens (tertiary/aromatic N) is 1. The summed E-state index contributed by atoms with van der Waals surface area (Å²) < 4.78 is 0.968. The average molecular weight is 314 g/mol. The lowest BCUT2D eigenvalue weighted by Gasteiger charge is -2.20. The van der Waals surface area contributed by atoms with E-state index >= 15 is 0 Å². The molecular formula is C13H20BrN3O. The van der Waals surface area contributed by atoms with Gasteiger partial charge in [-0.25, -0.2) is 0 Å². The first-order valence-electron chi connectivity index (χ1n) is 5.99. The molecule has 0 aromatic carbocycles. The van der Waals surface area contributed by atoms with Gasteiger partial charge in [-0.05, 0) is 48.8 Å². The molecule has 1 aromatic rings. The van der Waals surface area contributed by atoms with Crippen LogP contribution in [0.15, 0.2) is 22.8 Å². The maximum absolute atomic E-state index is 11.5. The summed E-state index contributed by atoms with van der Waals surface area (Å²) >= 11 is 3.34. The van der Waals surface area contributed by atoms with Crippen molar-refractivity contribution in [2.45, 2.75) is 39.3 Å². The largest absolute Gasteiger partial charge is 0.351 e. The molecule has 0 saturated heterocycles. The SMILES string of the molecule is CC(C)(C)NC(=O)CCNCc1ccc(Br)cn1. The van der Waals surface area contributed by atoms with Crippen molar-refractivity contribution in [2.24, 2.45) is 0 Å². The molecule has 0 unspecified atom stereocenters. The highest BCUT2D eigenvalue weighted by molar-refractivity contribution is 9.10. The van der Waals surface area contributed by atoms with Crippen molar-refractivity contribution in [1.29, 1.82) is 0 Å². The van der Waals surface area contributed by atoms with Gasteiger partial charge in [-0.3, -0.25) is 9.78 Å². The van der Waals surface area contributed by atoms with Crippen LogP contribution in [0.2, 0.25) is 0 Å². The number of rotatable bonds is 5. The summed E-state index contributed by atoms with van der Waals surface area (Å²) in [4.78, 5) is 15.8. The molecule has 18 heavy (non-hydrogen) atoms. The monoisotopic (exact) mass is 313 g/mol. The van der Waals surface area contributed by atoms with Crippen LogP contribution < -0.4 is 10.6 Å². The number of carbonyl (C=O) groups is 1. The second-order valence-electron chi connectivity index (χ2n) is 5.19. The van der Waals surface area contributed by atoms with E-state index in [-0.39, 0.29) is 11.4 Å². The summed E-state index contributed by atoms with van der Waals surface area (Å²) in [6, 6.07) is 3.91. The van der Waals surface area contributed by atoms with E-state index in [1.54, 1.807) is 6.20 Å². The lowest BCUT2D eigenvalue weighted by molar-refractivity contribution is -0.122. The third kappa shape index (κ3) is 6.71. The van der Waals surface area contributed by atoms with Crippen LogP contribution in [0.5, 0.6) is 0 Å². The summed E-state index contributed by atoms with van der Waals surface area (Å²) in [5, 5.41) is 6.12. The molecule has 5 heteroatoms. The van der Waals surface area contributed by atoms with E-state index in [0.717, 1.165) is 10.2 Å². The zero-order valence-electron chi connectivity index (χ0n) is 11.1. The van der Waals surface area contributed by atoms with E-state index in [4.69, 9.17) is 0 Å². The minimum absolute atomic E-state index is 0.0683. The summed E-state index contributed by atoms with van der Waals surface area (Å²) in [6.07, 6.45) is 2.25. The van der Waals surface area contributed by atoms with Crippen molar-refractivity contribution in [3.63, 3.8) is 0 Å². The van der Waals surface area contributed by atoms with E-state index in [1.807, 2.05) is 32.9 Å². The van der Waals surface area contributed by atoms with Crippen molar-refractivity contribution in [2.75, 3.05) is 6.54 Å². The van der Waals surface area contributed by atoms with Gasteiger partial charge in [0, 0.05) is 35.7 Å². The Labute approximate surface area is 117 Å². The van der Waals surface area contributed by atoms with Gasteiger partial charge in [-0.15, -0.1) is 0 Å². The molecule has 0 fully saturated rings. The Morgan fingerprint density at radius 3 is 2.67 bits per heavy atom. The van der Waals surface area contributed by atoms with Crippen molar-refractivity contribution in [3.05, 3.63) is 28.5 Å². The highest BCUT2D eigenvalue weighted by atomic mass is 79.9. The van der Waals surface area contributed by atoms with E-state index < -0.39 is 0 Å². The highest BCUT2D eigenvalue weighted by Crippen LogP contribution is 2.07. The van der Waals surface area contributed by atoms with Crippen LogP contribution in [0.25, 0.3) is 0 Å². The Kier molecular flexibility index (Phi) is 5.75. The third-order valence-corrected chi connectivity index (χ3v) is 2.61. The predicted molar refractivity (Wildman–Crippen MR) is 76.2 cm³/mol. The molecule has 0 spiro atoms. The topological polar surface area (TPSA) is 54.0 Å². The molecule has 0 bridgehead atoms. The Bertz CT molecular complexity index is 384. The molecule has 0 aliphatic heterocycles. The van der Waals surface area contributed by atoms with Crippen LogP contribution in [0.4, 0.5) is 0 Å². The van der Waals surface area contributed by atoms with Crippen molar-refractivity contribution < 1.29 is 4.79 Å². The quantitative estimate of drug-likeness (QED) is 0.820. The summed E-state index contributed by atoms with van der Waals surface area (Å²) in [5.74, 6) is 0.0683. The number of hydrogen-bond acceptors (Lipinski definition) is 3. The van der Waals surface area contributed by atoms with Crippen molar-refractivity contribution in [1.82, 2.24) is 15.6 Å². The van der Waals surface area contributed by atoms with Crippen LogP contribution in [0.3, 0.4) is 0 Å². The van der Waals surface area contributed by atoms with Gasteiger partial charge >= 0.3 is 0 Å². The van der Waals surface area contributed by atoms with Gasteiger partial charge in [-0.1, -0.05) is 0 Å². The first kappa shape index (κ1) is 15.1. The van der Waals surface area contributed by atoms with Crippen LogP contribution in [-0.4, -0.2) is 23.0 Å². The highest BCUT2D eigenvalue weighted by Gasteiger charge is 2.12. The van der Waals surface area contributed by atoms with Gasteiger partial charge in [0.2, 0.25) is 5.91 Å². The molecule has 2 N–H and O–H groups in total. The number of amides is 1. The van der Waals surface area contributed by atoms with Crippen LogP contribution >= 0.6 is 15.9 Å². The summed E-state index contributed by atoms with van der Waals surface area (Å²) in [5.41, 5.74) is 0.805. The lowest BCUT2D eigenvalue weighted by Crippen LogP contribution is -2.41. The van der Waals surface area contributed by atoms with E-state index in [0.29, 0.717) is 19.5 Å². The molecule has 0 aliphatic carbocycles. The number of hydrogen-bond donors (Lipinski definition) is 2. The first-order chi connectivity index (χ1) is 8.37. The van der Waals surface area contributed by atoms with Gasteiger partial charge in [0.1, 0.15) is 0 Å². The van der Waals surface area contributed by atoms with Crippen LogP contribution in [-0.2, 0) is 11.3 Å². The molecule has 1 aromatic heterocycles. The van der Waals surface area contributed by atoms with Gasteiger partial charge in [0.25, 0.3) is 0 Å². The van der Waals surface area contributed by atoms with Crippen LogP contribution in [0.1, 0.15) is 32.9 Å². The van der Waals surface area contributed by atoms with Crippen molar-refractivity contribution >= 4 is 21.8 Å². The fourth-order valence-corrected chi connectivity index (χ4v) is 1.64. The average Bonchev–Trinajstić information content (AvgIpc) is 2.24. The molecule has 1 rings (SSSR count). The Morgan fingerprint density at radius 1 is 1.39 bits per heavy atom. The molecule has 100 valence electrons. The molecule has 0 atom stereocenters. The number of aromatic nitrogens is 1. The molecule has 1 amide bonds. The van der Waals surface area contributed by atoms with Gasteiger partial charge < -0.3 is 10.6 Å². The van der Waals surface area contributed by atoms with E-state index in [9.17, 15) is 4.79 Å². The maximum atomic E-state index is 11.5. The maximum Gasteiger partial charge on any atom is 0.221 e. The van der Waals surface area contributed by atoms with Gasteiger partial charge in [0.05, 0.1) is 5.69 Å². The smallest absolute Gasteiger partial charge is 0.221 e. The molecular weight excluding hydrogens is 294 g/mol. The molecule has 1 heterocycles. The zero-order chi connectivity index (χ0) is 13.6. The standard InChI is InChI=1S/C13H20BrN3O/c1-13(2,3)17-12(18)6-7-15-9-11-5-4-10(14)8-16-11/h4-5,8,15H,6-7,9H2,1-3H3,(H,17,18). The Balaban J connectivity index is 2.19. The minimum atomic E-state index is -0.162. The molecule has 0 aliphatic rings. The third-order valence-electron chi connectivity index (χ3n) is 2.14. The fraction of sp³-hybridized carbons (Fsp3) is 0.538. The first-order valence-corrected chi connectivity index (χ1v) is 6.78. The zero-order valence-corrected chi connectivity index (χ0v) is 12.7. The predicted octanol–water partition coefficient (Wildman–Crippen LogP) is 2.24. The van der Waals surface area contributed by atoms with Gasteiger partial charge in [0.15, 0.2) is 0 Å². The fourth-order valence-electron chi connectivity index (χ4n) is 1.41. The number of nitrogens with one attached hydrogen (secondary N) is 2. The number of halogens is 1. The second kappa shape index (κ2) is 6.85. The van der Waals surface area contributed by atoms with Gasteiger partial charge in [-0.2, -0.15) is 0 Å². The van der Waals surface area contributed by atoms with Crippen LogP contribution in [0, 0.1) is 0 Å². The second-order valence-corrected chi connectivity index (χ2v) is 6.11. The Hall–Kier alpha value is -0.940. The van der Waals surface area contributed by atoms with E-state index in [1.165, 1.54) is 0 Å². The minimum Gasteiger partial charge on any atom is -0.351 e. The Morgan fingerprint density at radius 2 is 2.11 bits per heavy atom.